The van der Waals surface area contributed by atoms with Crippen LogP contribution >= 0.6 is 34.8 Å². The van der Waals surface area contributed by atoms with Crippen LogP contribution in [0.2, 0.25) is 15.1 Å². The molecule has 0 amide bonds. The SMILES string of the molecule is Cc1c(Cl)cccc1S(=O)(=O)N1CCOC(c2cc(Cl)cc(Cl)c2)C1. The largest absolute Gasteiger partial charge is 0.371 e. The van der Waals surface area contributed by atoms with Crippen molar-refractivity contribution in [1.29, 1.82) is 0 Å². The molecule has 0 N–H and O–H groups in total. The molecule has 25 heavy (non-hydrogen) atoms. The maximum atomic E-state index is 13.0. The third-order valence-electron chi connectivity index (χ3n) is 4.12. The summed E-state index contributed by atoms with van der Waals surface area (Å²) in [5, 5.41) is 1.39. The molecule has 1 saturated heterocycles. The van der Waals surface area contributed by atoms with Gasteiger partial charge in [-0.2, -0.15) is 4.31 Å². The molecule has 0 saturated carbocycles. The highest BCUT2D eigenvalue weighted by atomic mass is 35.5. The summed E-state index contributed by atoms with van der Waals surface area (Å²) in [5.74, 6) is 0. The van der Waals surface area contributed by atoms with Crippen molar-refractivity contribution >= 4 is 44.8 Å². The zero-order valence-electron chi connectivity index (χ0n) is 13.4. The van der Waals surface area contributed by atoms with Gasteiger partial charge in [-0.05, 0) is 48.4 Å². The Balaban J connectivity index is 1.91. The van der Waals surface area contributed by atoms with Gasteiger partial charge in [0.05, 0.1) is 17.6 Å². The van der Waals surface area contributed by atoms with Gasteiger partial charge in [-0.15, -0.1) is 0 Å². The van der Waals surface area contributed by atoms with E-state index >= 15 is 0 Å². The first-order valence-electron chi connectivity index (χ1n) is 7.62. The molecule has 0 bridgehead atoms. The minimum atomic E-state index is -3.67. The van der Waals surface area contributed by atoms with E-state index in [1.54, 1.807) is 43.3 Å². The minimum Gasteiger partial charge on any atom is -0.371 e. The number of hydrogen-bond acceptors (Lipinski definition) is 3. The van der Waals surface area contributed by atoms with Gasteiger partial charge in [0.25, 0.3) is 0 Å². The average molecular weight is 421 g/mol. The van der Waals surface area contributed by atoms with Crippen LogP contribution in [0.3, 0.4) is 0 Å². The Labute approximate surface area is 162 Å². The van der Waals surface area contributed by atoms with Crippen molar-refractivity contribution in [3.05, 3.63) is 62.6 Å². The zero-order valence-corrected chi connectivity index (χ0v) is 16.5. The Kier molecular flexibility index (Phi) is 5.63. The summed E-state index contributed by atoms with van der Waals surface area (Å²) < 4.78 is 33.2. The van der Waals surface area contributed by atoms with Crippen LogP contribution in [0.15, 0.2) is 41.3 Å². The van der Waals surface area contributed by atoms with Gasteiger partial charge in [0.1, 0.15) is 0 Å². The van der Waals surface area contributed by atoms with E-state index in [1.807, 2.05) is 0 Å². The standard InChI is InChI=1S/C17H16Cl3NO3S/c1-11-15(20)3-2-4-17(11)25(22,23)21-5-6-24-16(10-21)12-7-13(18)9-14(19)8-12/h2-4,7-9,16H,5-6,10H2,1H3. The van der Waals surface area contributed by atoms with E-state index in [0.717, 1.165) is 5.56 Å². The van der Waals surface area contributed by atoms with Crippen LogP contribution in [0.4, 0.5) is 0 Å². The van der Waals surface area contributed by atoms with Crippen molar-refractivity contribution in [2.24, 2.45) is 0 Å². The summed E-state index contributed by atoms with van der Waals surface area (Å²) in [4.78, 5) is 0.213. The van der Waals surface area contributed by atoms with Crippen molar-refractivity contribution in [2.45, 2.75) is 17.9 Å². The van der Waals surface area contributed by atoms with E-state index in [9.17, 15) is 8.42 Å². The van der Waals surface area contributed by atoms with Crippen molar-refractivity contribution < 1.29 is 13.2 Å². The topological polar surface area (TPSA) is 46.6 Å². The fourth-order valence-corrected chi connectivity index (χ4v) is 5.26. The Morgan fingerprint density at radius 1 is 1.12 bits per heavy atom. The van der Waals surface area contributed by atoms with Gasteiger partial charge in [0.2, 0.25) is 10.0 Å². The quantitative estimate of drug-likeness (QED) is 0.722. The Morgan fingerprint density at radius 3 is 2.48 bits per heavy atom. The lowest BCUT2D eigenvalue weighted by atomic mass is 10.1. The zero-order chi connectivity index (χ0) is 18.2. The van der Waals surface area contributed by atoms with Crippen LogP contribution in [0, 0.1) is 6.92 Å². The molecule has 2 aromatic carbocycles. The number of nitrogens with zero attached hydrogens (tertiary/aromatic N) is 1. The average Bonchev–Trinajstić information content (AvgIpc) is 2.56. The number of morpholine rings is 1. The third-order valence-corrected chi connectivity index (χ3v) is 6.98. The highest BCUT2D eigenvalue weighted by molar-refractivity contribution is 7.89. The second kappa shape index (κ2) is 7.43. The first kappa shape index (κ1) is 19.0. The third kappa shape index (κ3) is 3.97. The molecule has 2 aromatic rings. The molecular weight excluding hydrogens is 405 g/mol. The molecule has 1 aliphatic heterocycles. The number of hydrogen-bond donors (Lipinski definition) is 0. The number of halogens is 3. The lowest BCUT2D eigenvalue weighted by molar-refractivity contribution is -0.00255. The maximum absolute atomic E-state index is 13.0. The van der Waals surface area contributed by atoms with Crippen LogP contribution in [0.5, 0.6) is 0 Å². The minimum absolute atomic E-state index is 0.185. The molecule has 134 valence electrons. The van der Waals surface area contributed by atoms with Gasteiger partial charge in [-0.1, -0.05) is 40.9 Å². The summed E-state index contributed by atoms with van der Waals surface area (Å²) in [7, 11) is -3.67. The first-order chi connectivity index (χ1) is 11.8. The Bertz CT molecular complexity index is 882. The van der Waals surface area contributed by atoms with Gasteiger partial charge in [-0.25, -0.2) is 8.42 Å². The molecule has 1 atom stereocenters. The summed E-state index contributed by atoms with van der Waals surface area (Å²) >= 11 is 18.2. The predicted octanol–water partition coefficient (Wildman–Crippen LogP) is 4.72. The predicted molar refractivity (Wildman–Crippen MR) is 100 cm³/mol. The molecule has 1 unspecified atom stereocenters. The Morgan fingerprint density at radius 2 is 1.80 bits per heavy atom. The summed E-state index contributed by atoms with van der Waals surface area (Å²) in [6.45, 7) is 2.45. The van der Waals surface area contributed by atoms with Gasteiger partial charge in [0.15, 0.2) is 0 Å². The molecule has 3 rings (SSSR count). The second-order valence-electron chi connectivity index (χ2n) is 5.79. The summed E-state index contributed by atoms with van der Waals surface area (Å²) in [6.07, 6.45) is -0.431. The monoisotopic (exact) mass is 419 g/mol. The van der Waals surface area contributed by atoms with Crippen molar-refractivity contribution in [2.75, 3.05) is 19.7 Å². The van der Waals surface area contributed by atoms with E-state index < -0.39 is 16.1 Å². The first-order valence-corrected chi connectivity index (χ1v) is 10.2. The highest BCUT2D eigenvalue weighted by Crippen LogP contribution is 2.32. The summed E-state index contributed by atoms with van der Waals surface area (Å²) in [6, 6.07) is 9.97. The Hall–Kier alpha value is -0.820. The van der Waals surface area contributed by atoms with Gasteiger partial charge in [-0.3, -0.25) is 0 Å². The summed E-state index contributed by atoms with van der Waals surface area (Å²) in [5.41, 5.74) is 1.29. The smallest absolute Gasteiger partial charge is 0.243 e. The van der Waals surface area contributed by atoms with Crippen LogP contribution in [0.25, 0.3) is 0 Å². The number of sulfonamides is 1. The lowest BCUT2D eigenvalue weighted by Crippen LogP contribution is -2.42. The van der Waals surface area contributed by atoms with Gasteiger partial charge >= 0.3 is 0 Å². The molecule has 4 nitrogen and oxygen atoms in total. The molecule has 1 heterocycles. The van der Waals surface area contributed by atoms with Crippen LogP contribution in [-0.4, -0.2) is 32.4 Å². The maximum Gasteiger partial charge on any atom is 0.243 e. The molecule has 1 aliphatic rings. The van der Waals surface area contributed by atoms with E-state index in [0.29, 0.717) is 20.6 Å². The fraction of sp³-hybridized carbons (Fsp3) is 0.294. The number of rotatable bonds is 3. The van der Waals surface area contributed by atoms with Crippen molar-refractivity contribution in [3.8, 4) is 0 Å². The second-order valence-corrected chi connectivity index (χ2v) is 8.97. The number of ether oxygens (including phenoxy) is 1. The van der Waals surface area contributed by atoms with Crippen molar-refractivity contribution in [1.82, 2.24) is 4.31 Å². The van der Waals surface area contributed by atoms with E-state index in [4.69, 9.17) is 39.5 Å². The normalized spacial score (nSPS) is 19.1. The van der Waals surface area contributed by atoms with E-state index in [-0.39, 0.29) is 24.6 Å². The molecular formula is C17H16Cl3NO3S. The van der Waals surface area contributed by atoms with Crippen LogP contribution < -0.4 is 0 Å². The van der Waals surface area contributed by atoms with E-state index in [2.05, 4.69) is 0 Å². The van der Waals surface area contributed by atoms with Gasteiger partial charge < -0.3 is 4.74 Å². The van der Waals surface area contributed by atoms with Crippen LogP contribution in [-0.2, 0) is 14.8 Å². The van der Waals surface area contributed by atoms with Gasteiger partial charge in [0, 0.05) is 28.2 Å². The molecule has 0 aliphatic carbocycles. The molecule has 0 spiro atoms. The van der Waals surface area contributed by atoms with Crippen molar-refractivity contribution in [3.63, 3.8) is 0 Å². The molecule has 1 fully saturated rings. The van der Waals surface area contributed by atoms with E-state index in [1.165, 1.54) is 4.31 Å². The molecule has 0 radical (unpaired) electrons. The molecule has 8 heteroatoms. The fourth-order valence-electron chi connectivity index (χ4n) is 2.81. The number of benzene rings is 2. The lowest BCUT2D eigenvalue weighted by Gasteiger charge is -2.33. The molecule has 0 aromatic heterocycles. The van der Waals surface area contributed by atoms with Crippen LogP contribution in [0.1, 0.15) is 17.2 Å². The highest BCUT2D eigenvalue weighted by Gasteiger charge is 2.32.